The fourth-order valence-corrected chi connectivity index (χ4v) is 3.76. The third kappa shape index (κ3) is 4.68. The van der Waals surface area contributed by atoms with Gasteiger partial charge in [-0.05, 0) is 61.6 Å². The molecule has 0 aliphatic carbocycles. The quantitative estimate of drug-likeness (QED) is 0.645. The van der Waals surface area contributed by atoms with Crippen LogP contribution in [0.4, 0.5) is 13.2 Å². The van der Waals surface area contributed by atoms with E-state index in [9.17, 15) is 18.0 Å². The highest BCUT2D eigenvalue weighted by Gasteiger charge is 2.30. The molecule has 29 heavy (non-hydrogen) atoms. The lowest BCUT2D eigenvalue weighted by Crippen LogP contribution is -2.34. The number of amides is 1. The van der Waals surface area contributed by atoms with Gasteiger partial charge in [0.05, 0.1) is 34.7 Å². The first kappa shape index (κ1) is 21.1. The van der Waals surface area contributed by atoms with Crippen molar-refractivity contribution in [2.75, 3.05) is 20.6 Å². The number of hydrogen-bond acceptors (Lipinski definition) is 4. The average molecular weight is 422 g/mol. The van der Waals surface area contributed by atoms with Gasteiger partial charge in [0.1, 0.15) is 0 Å². The fourth-order valence-electron chi connectivity index (χ4n) is 3.05. The van der Waals surface area contributed by atoms with Crippen LogP contribution in [0.15, 0.2) is 47.3 Å². The molecule has 1 N–H and O–H groups in total. The fraction of sp³-hybridized carbons (Fsp3) is 0.300. The molecule has 0 saturated heterocycles. The minimum absolute atomic E-state index is 0.0176. The Bertz CT molecular complexity index is 980. The summed E-state index contributed by atoms with van der Waals surface area (Å²) >= 11 is 1.59. The average Bonchev–Trinajstić information content (AvgIpc) is 3.31. The highest BCUT2D eigenvalue weighted by Crippen LogP contribution is 2.30. The minimum Gasteiger partial charge on any atom is -0.350 e. The van der Waals surface area contributed by atoms with Gasteiger partial charge in [0.25, 0.3) is 5.91 Å². The number of carbonyl (C=O) groups excluding carboxylic acids is 1. The zero-order valence-electron chi connectivity index (χ0n) is 16.2. The summed E-state index contributed by atoms with van der Waals surface area (Å²) in [5.41, 5.74) is 1.39. The number of carbonyl (C=O) groups is 1. The Kier molecular flexibility index (Phi) is 6.09. The molecule has 5 nitrogen and oxygen atoms in total. The van der Waals surface area contributed by atoms with Crippen LogP contribution in [0.1, 0.15) is 33.2 Å². The molecule has 0 saturated carbocycles. The van der Waals surface area contributed by atoms with Gasteiger partial charge in [-0.2, -0.15) is 29.6 Å². The van der Waals surface area contributed by atoms with Gasteiger partial charge < -0.3 is 10.2 Å². The number of alkyl halides is 3. The summed E-state index contributed by atoms with van der Waals surface area (Å²) in [6, 6.07) is 6.89. The van der Waals surface area contributed by atoms with E-state index in [-0.39, 0.29) is 17.6 Å². The Hall–Kier alpha value is -2.65. The van der Waals surface area contributed by atoms with Crippen LogP contribution in [-0.4, -0.2) is 41.2 Å². The third-order valence-electron chi connectivity index (χ3n) is 4.68. The number of benzene rings is 1. The summed E-state index contributed by atoms with van der Waals surface area (Å²) in [6.45, 7) is 2.06. The van der Waals surface area contributed by atoms with E-state index in [4.69, 9.17) is 0 Å². The first-order chi connectivity index (χ1) is 13.7. The molecule has 0 radical (unpaired) electrons. The van der Waals surface area contributed by atoms with E-state index in [2.05, 4.69) is 10.4 Å². The molecule has 3 aromatic rings. The SMILES string of the molecule is Cc1c(C(=O)NCC(c2ccsc2)N(C)C)cnn1-c1cccc(C(F)(F)F)c1. The standard InChI is InChI=1S/C20H21F3N4OS/c1-13-17(19(28)24-11-18(26(2)3)14-7-8-29-12-14)10-25-27(13)16-6-4-5-15(9-16)20(21,22)23/h4-10,12,18H,11H2,1-3H3,(H,24,28). The lowest BCUT2D eigenvalue weighted by Gasteiger charge is -2.24. The van der Waals surface area contributed by atoms with Crippen molar-refractivity contribution < 1.29 is 18.0 Å². The lowest BCUT2D eigenvalue weighted by atomic mass is 10.1. The van der Waals surface area contributed by atoms with Crippen LogP contribution >= 0.6 is 11.3 Å². The van der Waals surface area contributed by atoms with E-state index in [1.54, 1.807) is 18.3 Å². The van der Waals surface area contributed by atoms with Gasteiger partial charge in [-0.1, -0.05) is 6.07 Å². The molecule has 1 aromatic carbocycles. The summed E-state index contributed by atoms with van der Waals surface area (Å²) in [6.07, 6.45) is -3.07. The molecule has 1 unspecified atom stereocenters. The highest BCUT2D eigenvalue weighted by atomic mass is 32.1. The first-order valence-corrected chi connectivity index (χ1v) is 9.81. The molecule has 2 heterocycles. The molecule has 9 heteroatoms. The van der Waals surface area contributed by atoms with Crippen LogP contribution < -0.4 is 5.32 Å². The zero-order valence-corrected chi connectivity index (χ0v) is 17.0. The predicted octanol–water partition coefficient (Wildman–Crippen LogP) is 4.29. The monoisotopic (exact) mass is 422 g/mol. The molecule has 3 rings (SSSR count). The van der Waals surface area contributed by atoms with Gasteiger partial charge in [-0.3, -0.25) is 4.79 Å². The Labute approximate surface area is 170 Å². The smallest absolute Gasteiger partial charge is 0.350 e. The van der Waals surface area contributed by atoms with Crippen LogP contribution in [0.2, 0.25) is 0 Å². The molecule has 0 bridgehead atoms. The van der Waals surface area contributed by atoms with Gasteiger partial charge in [-0.15, -0.1) is 0 Å². The van der Waals surface area contributed by atoms with Gasteiger partial charge in [0.15, 0.2) is 0 Å². The molecule has 1 amide bonds. The molecule has 2 aromatic heterocycles. The van der Waals surface area contributed by atoms with E-state index in [1.165, 1.54) is 23.0 Å². The summed E-state index contributed by atoms with van der Waals surface area (Å²) in [5, 5.41) is 11.0. The maximum absolute atomic E-state index is 13.0. The molecular formula is C20H21F3N4OS. The summed E-state index contributed by atoms with van der Waals surface area (Å²) in [7, 11) is 3.87. The van der Waals surface area contributed by atoms with E-state index in [0.717, 1.165) is 17.7 Å². The summed E-state index contributed by atoms with van der Waals surface area (Å²) in [4.78, 5) is 14.7. The molecule has 0 aliphatic heterocycles. The molecular weight excluding hydrogens is 401 g/mol. The number of nitrogens with one attached hydrogen (secondary N) is 1. The number of hydrogen-bond donors (Lipinski definition) is 1. The molecule has 0 aliphatic rings. The summed E-state index contributed by atoms with van der Waals surface area (Å²) in [5.74, 6) is -0.317. The van der Waals surface area contributed by atoms with Crippen LogP contribution in [-0.2, 0) is 6.18 Å². The molecule has 0 spiro atoms. The molecule has 154 valence electrons. The third-order valence-corrected chi connectivity index (χ3v) is 5.38. The number of aromatic nitrogens is 2. The maximum Gasteiger partial charge on any atom is 0.416 e. The van der Waals surface area contributed by atoms with E-state index < -0.39 is 11.7 Å². The van der Waals surface area contributed by atoms with Crippen molar-refractivity contribution in [1.82, 2.24) is 20.0 Å². The molecule has 1 atom stereocenters. The van der Waals surface area contributed by atoms with Crippen LogP contribution in [0.3, 0.4) is 0 Å². The van der Waals surface area contributed by atoms with Crippen molar-refractivity contribution in [3.05, 3.63) is 69.7 Å². The molecule has 0 fully saturated rings. The van der Waals surface area contributed by atoms with Crippen molar-refractivity contribution in [1.29, 1.82) is 0 Å². The lowest BCUT2D eigenvalue weighted by molar-refractivity contribution is -0.137. The van der Waals surface area contributed by atoms with Crippen LogP contribution in [0, 0.1) is 6.92 Å². The second kappa shape index (κ2) is 8.38. The van der Waals surface area contributed by atoms with Crippen molar-refractivity contribution >= 4 is 17.2 Å². The zero-order chi connectivity index (χ0) is 21.2. The van der Waals surface area contributed by atoms with Gasteiger partial charge >= 0.3 is 6.18 Å². The largest absolute Gasteiger partial charge is 0.416 e. The second-order valence-corrected chi connectivity index (χ2v) is 7.63. The highest BCUT2D eigenvalue weighted by molar-refractivity contribution is 7.07. The van der Waals surface area contributed by atoms with E-state index >= 15 is 0 Å². The van der Waals surface area contributed by atoms with Crippen molar-refractivity contribution in [2.45, 2.75) is 19.1 Å². The van der Waals surface area contributed by atoms with Crippen molar-refractivity contribution in [2.24, 2.45) is 0 Å². The number of nitrogens with zero attached hydrogens (tertiary/aromatic N) is 3. The minimum atomic E-state index is -4.44. The number of likely N-dealkylation sites (N-methyl/N-ethyl adjacent to an activating group) is 1. The van der Waals surface area contributed by atoms with Crippen molar-refractivity contribution in [3.8, 4) is 5.69 Å². The van der Waals surface area contributed by atoms with Gasteiger partial charge in [-0.25, -0.2) is 4.68 Å². The van der Waals surface area contributed by atoms with Crippen LogP contribution in [0.25, 0.3) is 5.69 Å². The van der Waals surface area contributed by atoms with E-state index in [0.29, 0.717) is 17.8 Å². The van der Waals surface area contributed by atoms with Crippen LogP contribution in [0.5, 0.6) is 0 Å². The number of rotatable bonds is 6. The second-order valence-electron chi connectivity index (χ2n) is 6.85. The maximum atomic E-state index is 13.0. The van der Waals surface area contributed by atoms with Gasteiger partial charge in [0.2, 0.25) is 0 Å². The number of halogens is 3. The van der Waals surface area contributed by atoms with E-state index in [1.807, 2.05) is 35.8 Å². The number of thiophene rings is 1. The topological polar surface area (TPSA) is 50.2 Å². The van der Waals surface area contributed by atoms with Gasteiger partial charge in [0, 0.05) is 6.54 Å². The Morgan fingerprint density at radius 3 is 2.69 bits per heavy atom. The first-order valence-electron chi connectivity index (χ1n) is 8.87. The Morgan fingerprint density at radius 1 is 1.31 bits per heavy atom. The predicted molar refractivity (Wildman–Crippen MR) is 106 cm³/mol. The van der Waals surface area contributed by atoms with Crippen molar-refractivity contribution in [3.63, 3.8) is 0 Å². The normalized spacial score (nSPS) is 12.9. The Balaban J connectivity index is 1.78. The Morgan fingerprint density at radius 2 is 2.07 bits per heavy atom. The summed E-state index contributed by atoms with van der Waals surface area (Å²) < 4.78 is 40.3.